The number of rotatable bonds is 25. The van der Waals surface area contributed by atoms with E-state index in [-0.39, 0.29) is 44.8 Å². The van der Waals surface area contributed by atoms with Gasteiger partial charge in [0, 0.05) is 0 Å². The molecule has 0 radical (unpaired) electrons. The number of esters is 2. The van der Waals surface area contributed by atoms with E-state index in [9.17, 15) is 19.8 Å². The van der Waals surface area contributed by atoms with Gasteiger partial charge in [0.05, 0.1) is 19.6 Å². The first-order valence-electron chi connectivity index (χ1n) is 24.1. The Hall–Kier alpha value is -6.14. The Bertz CT molecular complexity index is 2360. The minimum absolute atomic E-state index is 0.181. The molecule has 0 aliphatic carbocycles. The van der Waals surface area contributed by atoms with Gasteiger partial charge in [0.25, 0.3) is 0 Å². The molecule has 6 atom stereocenters. The van der Waals surface area contributed by atoms with E-state index >= 15 is 0 Å². The number of benzene rings is 5. The lowest BCUT2D eigenvalue weighted by molar-refractivity contribution is -0.147. The standard InChI is InChI=1S/C31H38O5.C27H32O5S/c1-5-26(20-23(3)27-10-14-29(32)15-11-27)28-12-16-30(17-13-28)36-24(4)34-18-19-35-31(33)21-25-8-6-22(2)7-9-25;1-4-21(18-19(2)22-7-11-24(28)12-8-22)23-9-13-25(14-10-23)32-20(3)30-15-16-31-27(29)26-6-5-17-33-26/h6-17,23-24,26,32H,5,18-21H2,1-4H3;5-14,17,19-21,28H,4,15-16,18H2,1-3H3. The number of carbonyl (C=O) groups is 2. The molecule has 0 amide bonds. The van der Waals surface area contributed by atoms with Crippen molar-refractivity contribution in [2.75, 3.05) is 26.4 Å². The summed E-state index contributed by atoms with van der Waals surface area (Å²) in [6.07, 6.45) is 3.51. The van der Waals surface area contributed by atoms with Crippen molar-refractivity contribution in [2.24, 2.45) is 0 Å². The normalized spacial score (nSPS) is 13.7. The molecule has 368 valence electrons. The summed E-state index contributed by atoms with van der Waals surface area (Å²) in [6, 6.07) is 42.7. The van der Waals surface area contributed by atoms with E-state index in [1.54, 1.807) is 30.3 Å². The molecule has 0 fully saturated rings. The predicted molar refractivity (Wildman–Crippen MR) is 274 cm³/mol. The number of hydrogen-bond acceptors (Lipinski definition) is 11. The highest BCUT2D eigenvalue weighted by molar-refractivity contribution is 7.11. The van der Waals surface area contributed by atoms with Crippen LogP contribution in [-0.2, 0) is 30.2 Å². The molecule has 0 spiro atoms. The van der Waals surface area contributed by atoms with E-state index < -0.39 is 12.6 Å². The fourth-order valence-corrected chi connectivity index (χ4v) is 8.62. The third-order valence-corrected chi connectivity index (χ3v) is 12.9. The number of phenolic OH excluding ortho intramolecular Hbond substituents is 2. The van der Waals surface area contributed by atoms with Crippen LogP contribution in [0.4, 0.5) is 0 Å². The van der Waals surface area contributed by atoms with Gasteiger partial charge in [0.15, 0.2) is 12.6 Å². The van der Waals surface area contributed by atoms with Crippen LogP contribution in [0.5, 0.6) is 23.0 Å². The van der Waals surface area contributed by atoms with Gasteiger partial charge in [0.2, 0.25) is 0 Å². The molecule has 11 heteroatoms. The molecule has 0 saturated carbocycles. The summed E-state index contributed by atoms with van der Waals surface area (Å²) in [6.45, 7) is 15.4. The van der Waals surface area contributed by atoms with E-state index in [0.29, 0.717) is 40.0 Å². The summed E-state index contributed by atoms with van der Waals surface area (Å²) in [5.41, 5.74) is 7.13. The monoisotopic (exact) mass is 958 g/mol. The molecule has 6 unspecified atom stereocenters. The van der Waals surface area contributed by atoms with Gasteiger partial charge >= 0.3 is 11.9 Å². The topological polar surface area (TPSA) is 130 Å². The van der Waals surface area contributed by atoms with Gasteiger partial charge in [-0.2, -0.15) is 0 Å². The summed E-state index contributed by atoms with van der Waals surface area (Å²) in [7, 11) is 0. The van der Waals surface area contributed by atoms with Crippen molar-refractivity contribution >= 4 is 23.3 Å². The van der Waals surface area contributed by atoms with Crippen LogP contribution in [0.25, 0.3) is 0 Å². The SMILES string of the molecule is CCC(CC(C)c1ccc(O)cc1)c1ccc(OC(C)OCCOC(=O)Cc2ccc(C)cc2)cc1.CCC(CC(C)c1ccc(O)cc1)c1ccc(OC(C)OCCOC(=O)c2cccs2)cc1. The van der Waals surface area contributed by atoms with Crippen molar-refractivity contribution in [2.45, 2.75) is 117 Å². The molecule has 69 heavy (non-hydrogen) atoms. The van der Waals surface area contributed by atoms with Crippen molar-refractivity contribution in [1.82, 2.24) is 0 Å². The highest BCUT2D eigenvalue weighted by Crippen LogP contribution is 2.35. The maximum absolute atomic E-state index is 12.0. The number of hydrogen-bond donors (Lipinski definition) is 2. The van der Waals surface area contributed by atoms with Gasteiger partial charge in [0.1, 0.15) is 41.1 Å². The molecule has 0 saturated heterocycles. The van der Waals surface area contributed by atoms with E-state index in [1.807, 2.05) is 105 Å². The first-order valence-corrected chi connectivity index (χ1v) is 24.9. The fourth-order valence-electron chi connectivity index (χ4n) is 8.00. The van der Waals surface area contributed by atoms with Gasteiger partial charge in [-0.15, -0.1) is 11.3 Å². The van der Waals surface area contributed by atoms with Gasteiger partial charge in [-0.05, 0) is 158 Å². The molecule has 1 heterocycles. The van der Waals surface area contributed by atoms with Crippen molar-refractivity contribution in [3.63, 3.8) is 0 Å². The van der Waals surface area contributed by atoms with Gasteiger partial charge in [-0.3, -0.25) is 4.79 Å². The Kier molecular flexibility index (Phi) is 22.1. The molecule has 10 nitrogen and oxygen atoms in total. The Balaban J connectivity index is 0.000000258. The van der Waals surface area contributed by atoms with Gasteiger partial charge in [-0.1, -0.05) is 112 Å². The lowest BCUT2D eigenvalue weighted by Gasteiger charge is -2.21. The number of aromatic hydroxyl groups is 2. The average Bonchev–Trinajstić information content (AvgIpc) is 3.90. The summed E-state index contributed by atoms with van der Waals surface area (Å²) in [4.78, 5) is 24.4. The van der Waals surface area contributed by atoms with Crippen LogP contribution in [0.2, 0.25) is 0 Å². The maximum Gasteiger partial charge on any atom is 0.348 e. The van der Waals surface area contributed by atoms with Crippen LogP contribution in [0.1, 0.15) is 134 Å². The molecule has 0 aliphatic rings. The minimum Gasteiger partial charge on any atom is -0.508 e. The van der Waals surface area contributed by atoms with E-state index in [1.165, 1.54) is 33.6 Å². The summed E-state index contributed by atoms with van der Waals surface area (Å²) in [5, 5.41) is 20.9. The molecule has 6 aromatic rings. The Morgan fingerprint density at radius 2 is 0.971 bits per heavy atom. The van der Waals surface area contributed by atoms with Crippen LogP contribution in [0.15, 0.2) is 139 Å². The third kappa shape index (κ3) is 18.7. The smallest absolute Gasteiger partial charge is 0.348 e. The number of thiophene rings is 1. The molecular formula is C58H70O10S. The van der Waals surface area contributed by atoms with Crippen LogP contribution in [0, 0.1) is 6.92 Å². The van der Waals surface area contributed by atoms with Crippen LogP contribution in [0.3, 0.4) is 0 Å². The zero-order chi connectivity index (χ0) is 49.5. The number of carbonyl (C=O) groups excluding carboxylic acids is 2. The highest BCUT2D eigenvalue weighted by atomic mass is 32.1. The van der Waals surface area contributed by atoms with Gasteiger partial charge in [-0.25, -0.2) is 4.79 Å². The molecule has 0 aliphatic heterocycles. The van der Waals surface area contributed by atoms with Crippen molar-refractivity contribution in [1.29, 1.82) is 0 Å². The molecular weight excluding hydrogens is 889 g/mol. The second-order valence-electron chi connectivity index (χ2n) is 17.4. The molecule has 2 N–H and O–H groups in total. The lowest BCUT2D eigenvalue weighted by atomic mass is 9.84. The summed E-state index contributed by atoms with van der Waals surface area (Å²) < 4.78 is 33.4. The highest BCUT2D eigenvalue weighted by Gasteiger charge is 2.18. The Labute approximate surface area is 413 Å². The first kappa shape index (κ1) is 53.8. The zero-order valence-electron chi connectivity index (χ0n) is 41.2. The first-order chi connectivity index (χ1) is 33.3. The Morgan fingerprint density at radius 3 is 1.39 bits per heavy atom. The largest absolute Gasteiger partial charge is 0.508 e. The van der Waals surface area contributed by atoms with Crippen molar-refractivity contribution in [3.8, 4) is 23.0 Å². The molecule has 0 bridgehead atoms. The number of aryl methyl sites for hydroxylation is 1. The maximum atomic E-state index is 12.0. The molecule has 1 aromatic heterocycles. The number of ether oxygens (including phenoxy) is 6. The van der Waals surface area contributed by atoms with E-state index in [4.69, 9.17) is 28.4 Å². The van der Waals surface area contributed by atoms with E-state index in [0.717, 1.165) is 48.3 Å². The summed E-state index contributed by atoms with van der Waals surface area (Å²) in [5.74, 6) is 3.14. The third-order valence-electron chi connectivity index (χ3n) is 12.1. The number of phenols is 2. The quantitative estimate of drug-likeness (QED) is 0.0325. The van der Waals surface area contributed by atoms with Crippen molar-refractivity contribution < 1.29 is 48.2 Å². The fraction of sp³-hybridized carbons (Fsp3) is 0.379. The molecule has 6 rings (SSSR count). The summed E-state index contributed by atoms with van der Waals surface area (Å²) >= 11 is 1.35. The van der Waals surface area contributed by atoms with Crippen LogP contribution >= 0.6 is 11.3 Å². The van der Waals surface area contributed by atoms with Crippen molar-refractivity contribution in [3.05, 3.63) is 177 Å². The average molecular weight is 959 g/mol. The van der Waals surface area contributed by atoms with Crippen LogP contribution < -0.4 is 9.47 Å². The second-order valence-corrected chi connectivity index (χ2v) is 18.4. The zero-order valence-corrected chi connectivity index (χ0v) is 42.0. The van der Waals surface area contributed by atoms with Gasteiger partial charge < -0.3 is 38.6 Å². The predicted octanol–water partition coefficient (Wildman–Crippen LogP) is 13.7. The minimum atomic E-state index is -0.455. The Morgan fingerprint density at radius 1 is 0.536 bits per heavy atom. The molecule has 5 aromatic carbocycles. The second kappa shape index (κ2) is 28.4. The van der Waals surface area contributed by atoms with Crippen LogP contribution in [-0.4, -0.2) is 61.2 Å². The van der Waals surface area contributed by atoms with E-state index in [2.05, 4.69) is 52.0 Å². The lowest BCUT2D eigenvalue weighted by Crippen LogP contribution is -2.20.